The van der Waals surface area contributed by atoms with E-state index >= 15 is 0 Å². The summed E-state index contributed by atoms with van der Waals surface area (Å²) in [6.45, 7) is 1.93. The predicted octanol–water partition coefficient (Wildman–Crippen LogP) is 3.03. The molecule has 0 saturated heterocycles. The molecule has 2 rings (SSSR count). The highest BCUT2D eigenvalue weighted by Crippen LogP contribution is 2.28. The number of nitrogens with zero attached hydrogens (tertiary/aromatic N) is 1. The van der Waals surface area contributed by atoms with E-state index in [4.69, 9.17) is 19.5 Å². The van der Waals surface area contributed by atoms with Crippen molar-refractivity contribution in [3.63, 3.8) is 0 Å². The Labute approximate surface area is 135 Å². The highest BCUT2D eigenvalue weighted by atomic mass is 16.6. The number of hydrogen-bond acceptors (Lipinski definition) is 5. The Balaban J connectivity index is 2.12. The van der Waals surface area contributed by atoms with Gasteiger partial charge in [0.25, 0.3) is 0 Å². The van der Waals surface area contributed by atoms with Gasteiger partial charge >= 0.3 is 5.97 Å². The summed E-state index contributed by atoms with van der Waals surface area (Å²) < 4.78 is 15.7. The first-order chi connectivity index (χ1) is 11.1. The summed E-state index contributed by atoms with van der Waals surface area (Å²) in [6, 6.07) is 12.2. The van der Waals surface area contributed by atoms with Gasteiger partial charge in [0.1, 0.15) is 5.75 Å². The maximum atomic E-state index is 12.1. The van der Waals surface area contributed by atoms with Crippen molar-refractivity contribution < 1.29 is 19.0 Å². The molecule has 118 valence electrons. The molecule has 5 heteroatoms. The number of benzene rings is 2. The monoisotopic (exact) mass is 311 g/mol. The third kappa shape index (κ3) is 4.01. The molecule has 0 aliphatic heterocycles. The van der Waals surface area contributed by atoms with Gasteiger partial charge in [0.2, 0.25) is 0 Å². The van der Waals surface area contributed by atoms with Crippen molar-refractivity contribution in [3.8, 4) is 23.3 Å². The number of hydrogen-bond donors (Lipinski definition) is 0. The zero-order valence-corrected chi connectivity index (χ0v) is 13.3. The van der Waals surface area contributed by atoms with Crippen molar-refractivity contribution >= 4 is 5.97 Å². The van der Waals surface area contributed by atoms with E-state index in [1.165, 1.54) is 13.2 Å². The lowest BCUT2D eigenvalue weighted by molar-refractivity contribution is -0.133. The van der Waals surface area contributed by atoms with E-state index in [1.807, 2.05) is 31.2 Å². The molecule has 0 atom stereocenters. The van der Waals surface area contributed by atoms with Crippen LogP contribution in [0.15, 0.2) is 36.4 Å². The van der Waals surface area contributed by atoms with Crippen molar-refractivity contribution in [3.05, 3.63) is 53.1 Å². The van der Waals surface area contributed by atoms with E-state index in [9.17, 15) is 4.79 Å². The highest BCUT2D eigenvalue weighted by Gasteiger charge is 2.12. The van der Waals surface area contributed by atoms with E-state index in [2.05, 4.69) is 0 Å². The molecule has 2 aromatic rings. The summed E-state index contributed by atoms with van der Waals surface area (Å²) in [5.74, 6) is 0.944. The number of carbonyl (C=O) groups excluding carboxylic acids is 1. The zero-order chi connectivity index (χ0) is 16.8. The fraction of sp³-hybridized carbons (Fsp3) is 0.222. The van der Waals surface area contributed by atoms with Crippen molar-refractivity contribution in [2.75, 3.05) is 14.2 Å². The van der Waals surface area contributed by atoms with Crippen LogP contribution in [0.2, 0.25) is 0 Å². The van der Waals surface area contributed by atoms with Gasteiger partial charge in [0.15, 0.2) is 11.5 Å². The number of aryl methyl sites for hydroxylation is 1. The Kier molecular flexibility index (Phi) is 5.21. The maximum absolute atomic E-state index is 12.1. The first kappa shape index (κ1) is 16.4. The molecule has 5 nitrogen and oxygen atoms in total. The summed E-state index contributed by atoms with van der Waals surface area (Å²) in [7, 11) is 3.05. The highest BCUT2D eigenvalue weighted by molar-refractivity contribution is 5.76. The Morgan fingerprint density at radius 1 is 1.04 bits per heavy atom. The minimum Gasteiger partial charge on any atom is -0.496 e. The van der Waals surface area contributed by atoms with Gasteiger partial charge in [0.05, 0.1) is 32.3 Å². The molecule has 23 heavy (non-hydrogen) atoms. The van der Waals surface area contributed by atoms with Crippen LogP contribution in [-0.4, -0.2) is 20.2 Å². The first-order valence-electron chi connectivity index (χ1n) is 6.99. The summed E-state index contributed by atoms with van der Waals surface area (Å²) in [5, 5.41) is 8.87. The van der Waals surface area contributed by atoms with Gasteiger partial charge in [0, 0.05) is 6.07 Å². The number of esters is 1. The minimum atomic E-state index is -0.418. The number of methoxy groups -OCH3 is 2. The molecule has 0 amide bonds. The molecule has 0 radical (unpaired) electrons. The van der Waals surface area contributed by atoms with Gasteiger partial charge in [-0.3, -0.25) is 4.79 Å². The molecular weight excluding hydrogens is 294 g/mol. The largest absolute Gasteiger partial charge is 0.496 e. The second-order valence-electron chi connectivity index (χ2n) is 4.93. The predicted molar refractivity (Wildman–Crippen MR) is 84.8 cm³/mol. The first-order valence-corrected chi connectivity index (χ1v) is 6.99. The molecule has 0 unspecified atom stereocenters. The van der Waals surface area contributed by atoms with Crippen molar-refractivity contribution in [1.82, 2.24) is 0 Å². The fourth-order valence-electron chi connectivity index (χ4n) is 2.12. The van der Waals surface area contributed by atoms with Gasteiger partial charge in [-0.2, -0.15) is 5.26 Å². The average molecular weight is 311 g/mol. The van der Waals surface area contributed by atoms with Crippen LogP contribution in [0.1, 0.15) is 16.7 Å². The van der Waals surface area contributed by atoms with E-state index in [-0.39, 0.29) is 12.2 Å². The summed E-state index contributed by atoms with van der Waals surface area (Å²) >= 11 is 0. The molecule has 0 heterocycles. The summed E-state index contributed by atoms with van der Waals surface area (Å²) in [6.07, 6.45) is 0.111. The Morgan fingerprint density at radius 2 is 1.78 bits per heavy atom. The third-order valence-corrected chi connectivity index (χ3v) is 3.34. The van der Waals surface area contributed by atoms with E-state index < -0.39 is 5.97 Å². The summed E-state index contributed by atoms with van der Waals surface area (Å²) in [5.41, 5.74) is 2.23. The quantitative estimate of drug-likeness (QED) is 0.627. The number of ether oxygens (including phenoxy) is 3. The number of nitriles is 1. The molecule has 0 bridgehead atoms. The van der Waals surface area contributed by atoms with E-state index in [0.717, 1.165) is 16.9 Å². The second-order valence-corrected chi connectivity index (χ2v) is 4.93. The molecular formula is C18H17NO4. The maximum Gasteiger partial charge on any atom is 0.315 e. The normalized spacial score (nSPS) is 9.83. The lowest BCUT2D eigenvalue weighted by atomic mass is 10.1. The van der Waals surface area contributed by atoms with Crippen molar-refractivity contribution in [1.29, 1.82) is 5.26 Å². The molecule has 0 aliphatic carbocycles. The number of carbonyl (C=O) groups is 1. The zero-order valence-electron chi connectivity index (χ0n) is 13.3. The van der Waals surface area contributed by atoms with Crippen LogP contribution >= 0.6 is 0 Å². The van der Waals surface area contributed by atoms with Crippen molar-refractivity contribution in [2.45, 2.75) is 13.3 Å². The molecule has 0 aromatic heterocycles. The van der Waals surface area contributed by atoms with Crippen LogP contribution in [0.3, 0.4) is 0 Å². The molecule has 0 spiro atoms. The van der Waals surface area contributed by atoms with Crippen LogP contribution in [0.4, 0.5) is 0 Å². The molecule has 0 fully saturated rings. The standard InChI is InChI=1S/C18H17NO4/c1-12-4-5-13(8-16(12)21-2)10-18(20)23-15-7-6-14(11-19)9-17(15)22-3/h4-9H,10H2,1-3H3. The second kappa shape index (κ2) is 7.32. The van der Waals surface area contributed by atoms with Crippen molar-refractivity contribution in [2.24, 2.45) is 0 Å². The van der Waals surface area contributed by atoms with Crippen LogP contribution in [-0.2, 0) is 11.2 Å². The lowest BCUT2D eigenvalue weighted by Gasteiger charge is -2.10. The SMILES string of the molecule is COc1cc(CC(=O)Oc2ccc(C#N)cc2OC)ccc1C. The van der Waals surface area contributed by atoms with Crippen LogP contribution in [0, 0.1) is 18.3 Å². The van der Waals surface area contributed by atoms with Crippen LogP contribution in [0.5, 0.6) is 17.2 Å². The third-order valence-electron chi connectivity index (χ3n) is 3.34. The molecule has 2 aromatic carbocycles. The van der Waals surface area contributed by atoms with Crippen LogP contribution in [0.25, 0.3) is 0 Å². The Hall–Kier alpha value is -3.00. The molecule has 0 aliphatic rings. The van der Waals surface area contributed by atoms with E-state index in [1.54, 1.807) is 19.2 Å². The Bertz CT molecular complexity index is 762. The van der Waals surface area contributed by atoms with Gasteiger partial charge in [-0.25, -0.2) is 0 Å². The smallest absolute Gasteiger partial charge is 0.315 e. The topological polar surface area (TPSA) is 68.5 Å². The minimum absolute atomic E-state index is 0.111. The molecule has 0 N–H and O–H groups in total. The van der Waals surface area contributed by atoms with Crippen LogP contribution < -0.4 is 14.2 Å². The lowest BCUT2D eigenvalue weighted by Crippen LogP contribution is -2.12. The summed E-state index contributed by atoms with van der Waals surface area (Å²) in [4.78, 5) is 12.1. The van der Waals surface area contributed by atoms with Gasteiger partial charge in [-0.05, 0) is 36.2 Å². The van der Waals surface area contributed by atoms with Gasteiger partial charge in [-0.15, -0.1) is 0 Å². The van der Waals surface area contributed by atoms with Gasteiger partial charge < -0.3 is 14.2 Å². The average Bonchev–Trinajstić information content (AvgIpc) is 2.56. The molecule has 0 saturated carbocycles. The van der Waals surface area contributed by atoms with E-state index in [0.29, 0.717) is 11.3 Å². The van der Waals surface area contributed by atoms with Gasteiger partial charge in [-0.1, -0.05) is 12.1 Å². The number of rotatable bonds is 5. The fourth-order valence-corrected chi connectivity index (χ4v) is 2.12. The Morgan fingerprint density at radius 3 is 2.43 bits per heavy atom.